The predicted octanol–water partition coefficient (Wildman–Crippen LogP) is 1.44. The molecule has 1 rings (SSSR count). The van der Waals surface area contributed by atoms with Gasteiger partial charge in [-0.3, -0.25) is 4.79 Å². The number of amides is 1. The van der Waals surface area contributed by atoms with Crippen LogP contribution in [0.5, 0.6) is 0 Å². The third-order valence-corrected chi connectivity index (χ3v) is 3.02. The molecule has 0 spiro atoms. The molecular weight excluding hydrogens is 240 g/mol. The SMILES string of the molecule is COCCN(CCCN)C(=O)CCc1ccccc1. The van der Waals surface area contributed by atoms with Crippen LogP contribution in [0.4, 0.5) is 0 Å². The van der Waals surface area contributed by atoms with Gasteiger partial charge in [0.1, 0.15) is 0 Å². The fourth-order valence-electron chi connectivity index (χ4n) is 1.90. The Labute approximate surface area is 115 Å². The lowest BCUT2D eigenvalue weighted by atomic mass is 10.1. The van der Waals surface area contributed by atoms with Crippen molar-refractivity contribution in [3.05, 3.63) is 35.9 Å². The second-order valence-corrected chi connectivity index (χ2v) is 4.50. The van der Waals surface area contributed by atoms with Gasteiger partial charge in [0.2, 0.25) is 5.91 Å². The van der Waals surface area contributed by atoms with Gasteiger partial charge in [0.15, 0.2) is 0 Å². The zero-order chi connectivity index (χ0) is 13.9. The average Bonchev–Trinajstić information content (AvgIpc) is 2.46. The van der Waals surface area contributed by atoms with Crippen molar-refractivity contribution >= 4 is 5.91 Å². The molecule has 0 unspecified atom stereocenters. The van der Waals surface area contributed by atoms with Crippen LogP contribution in [0.1, 0.15) is 18.4 Å². The van der Waals surface area contributed by atoms with E-state index >= 15 is 0 Å². The van der Waals surface area contributed by atoms with Gasteiger partial charge >= 0.3 is 0 Å². The van der Waals surface area contributed by atoms with Crippen molar-refractivity contribution in [1.29, 1.82) is 0 Å². The fourth-order valence-corrected chi connectivity index (χ4v) is 1.90. The van der Waals surface area contributed by atoms with E-state index in [1.807, 2.05) is 35.2 Å². The molecular formula is C15H24N2O2. The maximum Gasteiger partial charge on any atom is 0.222 e. The molecule has 0 aliphatic carbocycles. The Kier molecular flexibility index (Phi) is 7.86. The van der Waals surface area contributed by atoms with Gasteiger partial charge in [0, 0.05) is 26.6 Å². The number of ether oxygens (including phenoxy) is 1. The van der Waals surface area contributed by atoms with Gasteiger partial charge in [-0.1, -0.05) is 30.3 Å². The van der Waals surface area contributed by atoms with E-state index in [2.05, 4.69) is 0 Å². The molecule has 0 radical (unpaired) electrons. The Morgan fingerprint density at radius 1 is 1.26 bits per heavy atom. The van der Waals surface area contributed by atoms with Crippen molar-refractivity contribution in [3.8, 4) is 0 Å². The van der Waals surface area contributed by atoms with Crippen LogP contribution in [0, 0.1) is 0 Å². The molecule has 0 aliphatic heterocycles. The number of rotatable bonds is 9. The van der Waals surface area contributed by atoms with E-state index in [9.17, 15) is 4.79 Å². The number of carbonyl (C=O) groups is 1. The minimum absolute atomic E-state index is 0.175. The van der Waals surface area contributed by atoms with Crippen LogP contribution in [-0.2, 0) is 16.0 Å². The highest BCUT2D eigenvalue weighted by molar-refractivity contribution is 5.76. The Balaban J connectivity index is 2.41. The lowest BCUT2D eigenvalue weighted by Gasteiger charge is -2.22. The Hall–Kier alpha value is -1.39. The molecule has 2 N–H and O–H groups in total. The molecule has 1 amide bonds. The molecule has 0 saturated heterocycles. The van der Waals surface area contributed by atoms with Crippen LogP contribution in [0.3, 0.4) is 0 Å². The van der Waals surface area contributed by atoms with Crippen LogP contribution < -0.4 is 5.73 Å². The number of hydrogen-bond acceptors (Lipinski definition) is 3. The minimum Gasteiger partial charge on any atom is -0.383 e. The summed E-state index contributed by atoms with van der Waals surface area (Å²) in [5.41, 5.74) is 6.70. The number of benzene rings is 1. The van der Waals surface area contributed by atoms with Crippen LogP contribution in [0.2, 0.25) is 0 Å². The Bertz CT molecular complexity index is 346. The molecule has 0 atom stereocenters. The summed E-state index contributed by atoms with van der Waals surface area (Å²) in [4.78, 5) is 14.0. The Morgan fingerprint density at radius 2 is 2.00 bits per heavy atom. The monoisotopic (exact) mass is 264 g/mol. The Morgan fingerprint density at radius 3 is 2.63 bits per heavy atom. The highest BCUT2D eigenvalue weighted by Crippen LogP contribution is 2.05. The quantitative estimate of drug-likeness (QED) is 0.734. The second-order valence-electron chi connectivity index (χ2n) is 4.50. The summed E-state index contributed by atoms with van der Waals surface area (Å²) in [6.45, 7) is 2.54. The summed E-state index contributed by atoms with van der Waals surface area (Å²) in [5.74, 6) is 0.175. The third kappa shape index (κ3) is 6.36. The molecule has 4 nitrogen and oxygen atoms in total. The molecule has 1 aromatic rings. The van der Waals surface area contributed by atoms with E-state index in [0.717, 1.165) is 12.8 Å². The average molecular weight is 264 g/mol. The number of nitrogens with two attached hydrogens (primary N) is 1. The molecule has 4 heteroatoms. The highest BCUT2D eigenvalue weighted by atomic mass is 16.5. The first-order valence-corrected chi connectivity index (χ1v) is 6.78. The summed E-state index contributed by atoms with van der Waals surface area (Å²) in [6, 6.07) is 10.1. The summed E-state index contributed by atoms with van der Waals surface area (Å²) in [5, 5.41) is 0. The first-order valence-electron chi connectivity index (χ1n) is 6.78. The van der Waals surface area contributed by atoms with E-state index in [1.165, 1.54) is 5.56 Å². The maximum atomic E-state index is 12.2. The zero-order valence-electron chi connectivity index (χ0n) is 11.7. The molecule has 0 fully saturated rings. The van der Waals surface area contributed by atoms with Gasteiger partial charge in [-0.2, -0.15) is 0 Å². The van der Waals surface area contributed by atoms with Crippen molar-refractivity contribution in [2.24, 2.45) is 5.73 Å². The van der Waals surface area contributed by atoms with Gasteiger partial charge in [0.05, 0.1) is 6.61 Å². The molecule has 0 aliphatic rings. The van der Waals surface area contributed by atoms with Crippen molar-refractivity contribution in [2.45, 2.75) is 19.3 Å². The number of hydrogen-bond donors (Lipinski definition) is 1. The maximum absolute atomic E-state index is 12.2. The first-order chi connectivity index (χ1) is 9.27. The minimum atomic E-state index is 0.175. The van der Waals surface area contributed by atoms with Gasteiger partial charge < -0.3 is 15.4 Å². The normalized spacial score (nSPS) is 10.4. The van der Waals surface area contributed by atoms with Crippen LogP contribution in [-0.4, -0.2) is 44.2 Å². The zero-order valence-corrected chi connectivity index (χ0v) is 11.7. The summed E-state index contributed by atoms with van der Waals surface area (Å²) in [6.07, 6.45) is 2.16. The van der Waals surface area contributed by atoms with E-state index < -0.39 is 0 Å². The molecule has 1 aromatic carbocycles. The summed E-state index contributed by atoms with van der Waals surface area (Å²) >= 11 is 0. The lowest BCUT2D eigenvalue weighted by molar-refractivity contribution is -0.131. The van der Waals surface area contributed by atoms with Gasteiger partial charge in [0.25, 0.3) is 0 Å². The van der Waals surface area contributed by atoms with Crippen LogP contribution >= 0.6 is 0 Å². The second kappa shape index (κ2) is 9.53. The molecule has 19 heavy (non-hydrogen) atoms. The summed E-state index contributed by atoms with van der Waals surface area (Å²) in [7, 11) is 1.65. The number of aryl methyl sites for hydroxylation is 1. The fraction of sp³-hybridized carbons (Fsp3) is 0.533. The van der Waals surface area contributed by atoms with Crippen LogP contribution in [0.25, 0.3) is 0 Å². The third-order valence-electron chi connectivity index (χ3n) is 3.02. The smallest absolute Gasteiger partial charge is 0.222 e. The van der Waals surface area contributed by atoms with Crippen molar-refractivity contribution in [2.75, 3.05) is 33.4 Å². The van der Waals surface area contributed by atoms with Crippen molar-refractivity contribution < 1.29 is 9.53 Å². The topological polar surface area (TPSA) is 55.6 Å². The standard InChI is InChI=1S/C15H24N2O2/c1-19-13-12-17(11-5-10-16)15(18)9-8-14-6-3-2-4-7-14/h2-4,6-7H,5,8-13,16H2,1H3. The highest BCUT2D eigenvalue weighted by Gasteiger charge is 2.12. The van der Waals surface area contributed by atoms with Gasteiger partial charge in [-0.25, -0.2) is 0 Å². The largest absolute Gasteiger partial charge is 0.383 e. The lowest BCUT2D eigenvalue weighted by Crippen LogP contribution is -2.35. The first kappa shape index (κ1) is 15.7. The van der Waals surface area contributed by atoms with Crippen molar-refractivity contribution in [1.82, 2.24) is 4.90 Å². The summed E-state index contributed by atoms with van der Waals surface area (Å²) < 4.78 is 5.04. The molecule has 106 valence electrons. The van der Waals surface area contributed by atoms with Crippen molar-refractivity contribution in [3.63, 3.8) is 0 Å². The van der Waals surface area contributed by atoms with E-state index in [0.29, 0.717) is 32.7 Å². The van der Waals surface area contributed by atoms with E-state index in [-0.39, 0.29) is 5.91 Å². The van der Waals surface area contributed by atoms with Gasteiger partial charge in [-0.05, 0) is 24.9 Å². The van der Waals surface area contributed by atoms with E-state index in [4.69, 9.17) is 10.5 Å². The number of carbonyl (C=O) groups excluding carboxylic acids is 1. The van der Waals surface area contributed by atoms with Gasteiger partial charge in [-0.15, -0.1) is 0 Å². The predicted molar refractivity (Wildman–Crippen MR) is 76.9 cm³/mol. The molecule has 0 heterocycles. The molecule has 0 bridgehead atoms. The number of methoxy groups -OCH3 is 1. The molecule has 0 aromatic heterocycles. The van der Waals surface area contributed by atoms with E-state index in [1.54, 1.807) is 7.11 Å². The van der Waals surface area contributed by atoms with Crippen LogP contribution in [0.15, 0.2) is 30.3 Å². The molecule has 0 saturated carbocycles. The number of nitrogens with zero attached hydrogens (tertiary/aromatic N) is 1.